The van der Waals surface area contributed by atoms with Crippen molar-refractivity contribution in [2.45, 2.75) is 29.8 Å². The number of piperidine rings is 1. The lowest BCUT2D eigenvalue weighted by atomic mass is 9.99. The second-order valence-electron chi connectivity index (χ2n) is 6.59. The van der Waals surface area contributed by atoms with Gasteiger partial charge in [-0.1, -0.05) is 11.7 Å². The summed E-state index contributed by atoms with van der Waals surface area (Å²) < 4.78 is 23.3. The lowest BCUT2D eigenvalue weighted by molar-refractivity contribution is -0.179. The van der Waals surface area contributed by atoms with Crippen molar-refractivity contribution in [2.75, 3.05) is 20.3 Å². The number of benzene rings is 1. The number of hydrogen-bond donors (Lipinski definition) is 3. The van der Waals surface area contributed by atoms with E-state index in [9.17, 15) is 9.00 Å². The number of nitrogens with one attached hydrogen (secondary N) is 2. The van der Waals surface area contributed by atoms with E-state index in [1.807, 2.05) is 0 Å². The van der Waals surface area contributed by atoms with Gasteiger partial charge in [-0.05, 0) is 49.2 Å². The van der Waals surface area contributed by atoms with E-state index in [0.717, 1.165) is 0 Å². The molecule has 11 heteroatoms. The predicted molar refractivity (Wildman–Crippen MR) is 107 cm³/mol. The zero-order valence-electron chi connectivity index (χ0n) is 16.4. The fourth-order valence-corrected chi connectivity index (χ4v) is 3.93. The van der Waals surface area contributed by atoms with Crippen LogP contribution in [0.4, 0.5) is 0 Å². The van der Waals surface area contributed by atoms with Gasteiger partial charge < -0.3 is 10.1 Å². The smallest absolute Gasteiger partial charge is 0.270 e. The number of carbonyl (C=O) groups is 1. The number of rotatable bonds is 9. The first kappa shape index (κ1) is 22.3. The van der Waals surface area contributed by atoms with Gasteiger partial charge in [0.05, 0.1) is 24.7 Å². The van der Waals surface area contributed by atoms with Crippen molar-refractivity contribution in [2.24, 2.45) is 0 Å². The number of methoxy groups -OCH3 is 1. The molecule has 3 unspecified atom stereocenters. The van der Waals surface area contributed by atoms with Crippen molar-refractivity contribution in [3.63, 3.8) is 0 Å². The molecule has 3 rings (SSSR count). The van der Waals surface area contributed by atoms with Crippen molar-refractivity contribution < 1.29 is 28.1 Å². The number of hydroxylamine groups is 2. The Labute approximate surface area is 176 Å². The highest BCUT2D eigenvalue weighted by atomic mass is 32.2. The molecule has 3 atom stereocenters. The van der Waals surface area contributed by atoms with Crippen LogP contribution >= 0.6 is 0 Å². The van der Waals surface area contributed by atoms with Crippen LogP contribution in [-0.4, -0.2) is 57.7 Å². The Kier molecular flexibility index (Phi) is 8.25. The number of amides is 1. The van der Waals surface area contributed by atoms with Gasteiger partial charge in [0.25, 0.3) is 5.91 Å². The molecular weight excluding hydrogens is 412 g/mol. The Morgan fingerprint density at radius 3 is 2.77 bits per heavy atom. The van der Waals surface area contributed by atoms with Crippen LogP contribution in [0.1, 0.15) is 23.3 Å². The van der Waals surface area contributed by atoms with Crippen LogP contribution in [-0.2, 0) is 20.2 Å². The van der Waals surface area contributed by atoms with Crippen LogP contribution in [0.15, 0.2) is 53.6 Å². The zero-order valence-corrected chi connectivity index (χ0v) is 17.2. The monoisotopic (exact) mass is 436 g/mol. The largest absolute Gasteiger partial charge is 0.497 e. The fraction of sp³-hybridized carbons (Fsp3) is 0.368. The summed E-state index contributed by atoms with van der Waals surface area (Å²) in [6.45, 7) is 0.473. The van der Waals surface area contributed by atoms with Gasteiger partial charge in [-0.15, -0.1) is 0 Å². The molecule has 0 radical (unpaired) electrons. The van der Waals surface area contributed by atoms with Crippen molar-refractivity contribution >= 4 is 17.0 Å². The number of nitrogens with zero attached hydrogens (tertiary/aromatic N) is 2. The molecule has 0 saturated carbocycles. The molecule has 1 amide bonds. The Bertz CT molecular complexity index is 839. The van der Waals surface area contributed by atoms with E-state index in [0.29, 0.717) is 35.7 Å². The first-order valence-corrected chi connectivity index (χ1v) is 10.4. The molecule has 1 fully saturated rings. The number of carbonyl (C=O) groups excluding carboxylic acids is 1. The van der Waals surface area contributed by atoms with Crippen LogP contribution in [0.3, 0.4) is 0 Å². The van der Waals surface area contributed by atoms with E-state index in [1.165, 1.54) is 0 Å². The lowest BCUT2D eigenvalue weighted by Gasteiger charge is -2.37. The normalized spacial score (nSPS) is 20.5. The quantitative estimate of drug-likeness (QED) is 0.498. The highest BCUT2D eigenvalue weighted by molar-refractivity contribution is 7.80. The fourth-order valence-electron chi connectivity index (χ4n) is 3.12. The predicted octanol–water partition coefficient (Wildman–Crippen LogP) is 1.22. The maximum Gasteiger partial charge on any atom is 0.270 e. The average Bonchev–Trinajstić information content (AvgIpc) is 2.79. The number of hydrogen-bond acceptors (Lipinski definition) is 9. The van der Waals surface area contributed by atoms with Crippen molar-refractivity contribution in [3.8, 4) is 5.75 Å². The molecule has 30 heavy (non-hydrogen) atoms. The van der Waals surface area contributed by atoms with E-state index in [-0.39, 0.29) is 24.6 Å². The van der Waals surface area contributed by atoms with Gasteiger partial charge in [0.15, 0.2) is 0 Å². The van der Waals surface area contributed by atoms with Crippen LogP contribution in [0, 0.1) is 0 Å². The van der Waals surface area contributed by atoms with E-state index >= 15 is 0 Å². The minimum Gasteiger partial charge on any atom is -0.497 e. The van der Waals surface area contributed by atoms with Crippen LogP contribution in [0.2, 0.25) is 0 Å². The maximum atomic E-state index is 12.6. The third-order valence-electron chi connectivity index (χ3n) is 4.65. The molecule has 0 spiro atoms. The van der Waals surface area contributed by atoms with Gasteiger partial charge in [-0.25, -0.2) is 4.21 Å². The summed E-state index contributed by atoms with van der Waals surface area (Å²) in [6, 6.07) is 11.3. The van der Waals surface area contributed by atoms with Crippen LogP contribution < -0.4 is 15.7 Å². The Morgan fingerprint density at radius 2 is 2.10 bits per heavy atom. The number of aromatic nitrogens is 1. The summed E-state index contributed by atoms with van der Waals surface area (Å²) in [6.07, 6.45) is 2.62. The van der Waals surface area contributed by atoms with Gasteiger partial charge in [-0.2, -0.15) is 9.35 Å². The van der Waals surface area contributed by atoms with Gasteiger partial charge >= 0.3 is 0 Å². The molecule has 2 aromatic rings. The van der Waals surface area contributed by atoms with Crippen LogP contribution in [0.25, 0.3) is 0 Å². The molecule has 162 valence electrons. The minimum atomic E-state index is -1.73. The van der Waals surface area contributed by atoms with E-state index in [4.69, 9.17) is 19.1 Å². The summed E-state index contributed by atoms with van der Waals surface area (Å²) in [5, 5.41) is 13.3. The summed E-state index contributed by atoms with van der Waals surface area (Å²) in [5.74, 6) is 0.386. The van der Waals surface area contributed by atoms with Crippen molar-refractivity contribution in [1.29, 1.82) is 0 Å². The Morgan fingerprint density at radius 1 is 1.30 bits per heavy atom. The Balaban J connectivity index is 1.61. The van der Waals surface area contributed by atoms with E-state index in [2.05, 4.69) is 10.3 Å². The summed E-state index contributed by atoms with van der Waals surface area (Å²) in [5.41, 5.74) is 1.98. The molecule has 1 aromatic carbocycles. The molecule has 10 nitrogen and oxygen atoms in total. The highest BCUT2D eigenvalue weighted by Gasteiger charge is 2.32. The first-order chi connectivity index (χ1) is 14.6. The average molecular weight is 436 g/mol. The molecule has 0 bridgehead atoms. The second-order valence-corrected chi connectivity index (χ2v) is 7.68. The minimum absolute atomic E-state index is 0.0618. The molecule has 1 aliphatic heterocycles. The summed E-state index contributed by atoms with van der Waals surface area (Å²) in [7, 11) is 1.55. The molecule has 2 heterocycles. The number of pyridine rings is 1. The third kappa shape index (κ3) is 6.05. The van der Waals surface area contributed by atoms with Crippen LogP contribution in [0.5, 0.6) is 5.75 Å². The molecule has 1 saturated heterocycles. The van der Waals surface area contributed by atoms with Crippen molar-refractivity contribution in [3.05, 3.63) is 54.4 Å². The molecule has 3 N–H and O–H groups in total. The highest BCUT2D eigenvalue weighted by Crippen LogP contribution is 2.22. The summed E-state index contributed by atoms with van der Waals surface area (Å²) in [4.78, 5) is 21.8. The third-order valence-corrected chi connectivity index (χ3v) is 5.63. The van der Waals surface area contributed by atoms with Crippen molar-refractivity contribution in [1.82, 2.24) is 21.0 Å². The van der Waals surface area contributed by atoms with E-state index in [1.54, 1.807) is 66.5 Å². The molecule has 0 aliphatic carbocycles. The van der Waals surface area contributed by atoms with Gasteiger partial charge in [-0.3, -0.25) is 19.8 Å². The second kappa shape index (κ2) is 11.1. The van der Waals surface area contributed by atoms with Gasteiger partial charge in [0.1, 0.15) is 11.4 Å². The van der Waals surface area contributed by atoms with Gasteiger partial charge in [0, 0.05) is 18.8 Å². The Hall–Kier alpha value is -2.41. The van der Waals surface area contributed by atoms with E-state index < -0.39 is 11.1 Å². The lowest BCUT2D eigenvalue weighted by Crippen LogP contribution is -2.52. The topological polar surface area (TPSA) is 122 Å². The first-order valence-electron chi connectivity index (χ1n) is 9.34. The zero-order chi connectivity index (χ0) is 21.3. The summed E-state index contributed by atoms with van der Waals surface area (Å²) >= 11 is -1.73. The maximum absolute atomic E-state index is 12.6. The molecular formula is C19H24N4O6S. The van der Waals surface area contributed by atoms with Gasteiger partial charge in [0.2, 0.25) is 11.1 Å². The standard InChI is InChI=1S/C19H24N4O6S/c1-27-16-5-7-17(8-6-16)30(26)29-23-11-9-14(12-15(23)13-28-22-25)21-19(24)18-4-2-3-10-20-18/h2-8,10,14-15,22,25H,9,11-13H2,1H3,(H,21,24). The molecule has 1 aliphatic rings. The SMILES string of the molecule is COc1ccc(S(=O)ON2CCC(NC(=O)c3ccccn3)CC2CONO)cc1. The number of ether oxygens (including phenoxy) is 1. The molecule has 1 aromatic heterocycles.